The lowest BCUT2D eigenvalue weighted by atomic mass is 9.86. The van der Waals surface area contributed by atoms with Gasteiger partial charge in [-0.2, -0.15) is 0 Å². The zero-order valence-corrected chi connectivity index (χ0v) is 9.84. The zero-order valence-electron chi connectivity index (χ0n) is 9.84. The number of nitrogens with two attached hydrogens (primary N) is 1. The maximum Gasteiger partial charge on any atom is 0.00419 e. The van der Waals surface area contributed by atoms with Crippen LogP contribution in [0, 0.1) is 5.92 Å². The molecule has 0 amide bonds. The van der Waals surface area contributed by atoms with E-state index in [2.05, 4.69) is 18.7 Å². The SMILES string of the molecule is CCCN(CC)CC1CCCC(N)C1. The van der Waals surface area contributed by atoms with Gasteiger partial charge < -0.3 is 10.6 Å². The molecule has 2 nitrogen and oxygen atoms in total. The number of rotatable bonds is 5. The van der Waals surface area contributed by atoms with Crippen molar-refractivity contribution in [3.05, 3.63) is 0 Å². The quantitative estimate of drug-likeness (QED) is 0.734. The van der Waals surface area contributed by atoms with E-state index in [-0.39, 0.29) is 0 Å². The van der Waals surface area contributed by atoms with Gasteiger partial charge in [-0.3, -0.25) is 0 Å². The van der Waals surface area contributed by atoms with E-state index in [9.17, 15) is 0 Å². The van der Waals surface area contributed by atoms with E-state index in [0.29, 0.717) is 6.04 Å². The maximum absolute atomic E-state index is 6.00. The van der Waals surface area contributed by atoms with Gasteiger partial charge in [-0.25, -0.2) is 0 Å². The molecule has 1 aliphatic rings. The van der Waals surface area contributed by atoms with Crippen molar-refractivity contribution in [1.29, 1.82) is 0 Å². The topological polar surface area (TPSA) is 29.3 Å². The highest BCUT2D eigenvalue weighted by Gasteiger charge is 2.20. The van der Waals surface area contributed by atoms with Gasteiger partial charge in [0.05, 0.1) is 0 Å². The minimum Gasteiger partial charge on any atom is -0.328 e. The number of hydrogen-bond donors (Lipinski definition) is 1. The third kappa shape index (κ3) is 3.97. The first-order valence-electron chi connectivity index (χ1n) is 6.24. The van der Waals surface area contributed by atoms with Gasteiger partial charge in [-0.1, -0.05) is 20.3 Å². The largest absolute Gasteiger partial charge is 0.328 e. The van der Waals surface area contributed by atoms with Crippen LogP contribution in [0.4, 0.5) is 0 Å². The molecule has 2 atom stereocenters. The lowest BCUT2D eigenvalue weighted by Gasteiger charge is -2.31. The molecule has 0 bridgehead atoms. The normalized spacial score (nSPS) is 28.3. The predicted molar refractivity (Wildman–Crippen MR) is 62.3 cm³/mol. The van der Waals surface area contributed by atoms with Crippen LogP contribution in [-0.4, -0.2) is 30.6 Å². The van der Waals surface area contributed by atoms with Gasteiger partial charge in [0.1, 0.15) is 0 Å². The molecule has 1 aliphatic carbocycles. The minimum atomic E-state index is 0.481. The van der Waals surface area contributed by atoms with Gasteiger partial charge in [0.2, 0.25) is 0 Å². The van der Waals surface area contributed by atoms with Crippen LogP contribution in [0.2, 0.25) is 0 Å². The Labute approximate surface area is 88.8 Å². The van der Waals surface area contributed by atoms with E-state index in [1.54, 1.807) is 0 Å². The molecule has 0 spiro atoms. The summed E-state index contributed by atoms with van der Waals surface area (Å²) in [5.74, 6) is 0.866. The summed E-state index contributed by atoms with van der Waals surface area (Å²) in [4.78, 5) is 2.57. The third-order valence-electron chi connectivity index (χ3n) is 3.33. The Hall–Kier alpha value is -0.0800. The van der Waals surface area contributed by atoms with Gasteiger partial charge >= 0.3 is 0 Å². The Morgan fingerprint density at radius 3 is 2.64 bits per heavy atom. The summed E-state index contributed by atoms with van der Waals surface area (Å²) in [5.41, 5.74) is 6.00. The van der Waals surface area contributed by atoms with Crippen molar-refractivity contribution in [3.8, 4) is 0 Å². The highest BCUT2D eigenvalue weighted by molar-refractivity contribution is 4.77. The van der Waals surface area contributed by atoms with E-state index in [0.717, 1.165) is 5.92 Å². The molecule has 2 heteroatoms. The summed E-state index contributed by atoms with van der Waals surface area (Å²) in [6.45, 7) is 8.24. The number of nitrogens with zero attached hydrogens (tertiary/aromatic N) is 1. The highest BCUT2D eigenvalue weighted by Crippen LogP contribution is 2.23. The summed E-state index contributed by atoms with van der Waals surface area (Å²) in [7, 11) is 0. The molecule has 1 rings (SSSR count). The Bertz CT molecular complexity index is 147. The molecule has 2 unspecified atom stereocenters. The Kier molecular flexibility index (Phi) is 5.49. The van der Waals surface area contributed by atoms with Crippen LogP contribution < -0.4 is 5.73 Å². The molecular formula is C12H26N2. The zero-order chi connectivity index (χ0) is 10.4. The number of hydrogen-bond acceptors (Lipinski definition) is 2. The Morgan fingerprint density at radius 1 is 1.29 bits per heavy atom. The summed E-state index contributed by atoms with van der Waals surface area (Å²) >= 11 is 0. The minimum absolute atomic E-state index is 0.481. The average molecular weight is 198 g/mol. The highest BCUT2D eigenvalue weighted by atomic mass is 15.1. The third-order valence-corrected chi connectivity index (χ3v) is 3.33. The van der Waals surface area contributed by atoms with E-state index < -0.39 is 0 Å². The first-order valence-corrected chi connectivity index (χ1v) is 6.24. The lowest BCUT2D eigenvalue weighted by Crippen LogP contribution is -2.36. The van der Waals surface area contributed by atoms with Crippen molar-refractivity contribution >= 4 is 0 Å². The van der Waals surface area contributed by atoms with Crippen LogP contribution in [0.3, 0.4) is 0 Å². The fourth-order valence-corrected chi connectivity index (χ4v) is 2.56. The van der Waals surface area contributed by atoms with Crippen molar-refractivity contribution in [2.45, 2.75) is 52.0 Å². The second kappa shape index (κ2) is 6.41. The van der Waals surface area contributed by atoms with Crippen LogP contribution in [-0.2, 0) is 0 Å². The van der Waals surface area contributed by atoms with Gasteiger partial charge in [-0.05, 0) is 44.7 Å². The van der Waals surface area contributed by atoms with Gasteiger partial charge in [0, 0.05) is 12.6 Å². The molecule has 0 aliphatic heterocycles. The molecule has 84 valence electrons. The standard InChI is InChI=1S/C12H26N2/c1-3-8-14(4-2)10-11-6-5-7-12(13)9-11/h11-12H,3-10,13H2,1-2H3. The van der Waals surface area contributed by atoms with Crippen LogP contribution >= 0.6 is 0 Å². The molecule has 0 heterocycles. The fourth-order valence-electron chi connectivity index (χ4n) is 2.56. The molecule has 0 radical (unpaired) electrons. The molecule has 14 heavy (non-hydrogen) atoms. The molecule has 2 N–H and O–H groups in total. The summed E-state index contributed by atoms with van der Waals surface area (Å²) in [6.07, 6.45) is 6.51. The van der Waals surface area contributed by atoms with Crippen molar-refractivity contribution in [1.82, 2.24) is 4.90 Å². The predicted octanol–water partition coefficient (Wildman–Crippen LogP) is 2.24. The molecule has 0 aromatic carbocycles. The van der Waals surface area contributed by atoms with E-state index in [1.165, 1.54) is 51.7 Å². The van der Waals surface area contributed by atoms with E-state index in [1.807, 2.05) is 0 Å². The molecule has 1 fully saturated rings. The summed E-state index contributed by atoms with van der Waals surface area (Å²) < 4.78 is 0. The van der Waals surface area contributed by atoms with Gasteiger partial charge in [0.15, 0.2) is 0 Å². The van der Waals surface area contributed by atoms with Crippen LogP contribution in [0.15, 0.2) is 0 Å². The van der Waals surface area contributed by atoms with Crippen molar-refractivity contribution in [2.75, 3.05) is 19.6 Å². The molecule has 0 aromatic heterocycles. The molecule has 0 aromatic rings. The molecular weight excluding hydrogens is 172 g/mol. The van der Waals surface area contributed by atoms with Crippen LogP contribution in [0.5, 0.6) is 0 Å². The monoisotopic (exact) mass is 198 g/mol. The van der Waals surface area contributed by atoms with Crippen molar-refractivity contribution in [3.63, 3.8) is 0 Å². The van der Waals surface area contributed by atoms with E-state index >= 15 is 0 Å². The fraction of sp³-hybridized carbons (Fsp3) is 1.00. The average Bonchev–Trinajstić information content (AvgIpc) is 2.17. The first-order chi connectivity index (χ1) is 6.76. The molecule has 1 saturated carbocycles. The summed E-state index contributed by atoms with van der Waals surface area (Å²) in [5, 5.41) is 0. The van der Waals surface area contributed by atoms with Gasteiger partial charge in [-0.15, -0.1) is 0 Å². The lowest BCUT2D eigenvalue weighted by molar-refractivity contribution is 0.199. The molecule has 0 saturated heterocycles. The maximum atomic E-state index is 6.00. The second-order valence-corrected chi connectivity index (χ2v) is 4.69. The van der Waals surface area contributed by atoms with Crippen molar-refractivity contribution < 1.29 is 0 Å². The van der Waals surface area contributed by atoms with Crippen molar-refractivity contribution in [2.24, 2.45) is 11.7 Å². The summed E-state index contributed by atoms with van der Waals surface area (Å²) in [6, 6.07) is 0.481. The Balaban J connectivity index is 2.26. The first kappa shape index (κ1) is 12.0. The Morgan fingerprint density at radius 2 is 2.07 bits per heavy atom. The second-order valence-electron chi connectivity index (χ2n) is 4.69. The van der Waals surface area contributed by atoms with Crippen LogP contribution in [0.25, 0.3) is 0 Å². The smallest absolute Gasteiger partial charge is 0.00419 e. The van der Waals surface area contributed by atoms with E-state index in [4.69, 9.17) is 5.73 Å². The van der Waals surface area contributed by atoms with Gasteiger partial charge in [0.25, 0.3) is 0 Å². The van der Waals surface area contributed by atoms with Crippen LogP contribution in [0.1, 0.15) is 46.0 Å².